The number of aromatic nitrogens is 2. The molecule has 0 spiro atoms. The second kappa shape index (κ2) is 7.36. The molecule has 1 amide bonds. The molecule has 0 atom stereocenters. The van der Waals surface area contributed by atoms with E-state index in [0.717, 1.165) is 27.7 Å². The smallest absolute Gasteiger partial charge is 0.269 e. The summed E-state index contributed by atoms with van der Waals surface area (Å²) in [7, 11) is 0. The normalized spacial score (nSPS) is 29.7. The first kappa shape index (κ1) is 19.0. The number of non-ortho nitro benzene ring substituents is 1. The quantitative estimate of drug-likeness (QED) is 0.407. The molecule has 1 aromatic heterocycles. The molecule has 4 aliphatic carbocycles. The van der Waals surface area contributed by atoms with Crippen molar-refractivity contribution in [2.75, 3.05) is 11.1 Å². The summed E-state index contributed by atoms with van der Waals surface area (Å²) in [5.74, 6) is 2.63. The Balaban J connectivity index is 1.19. The molecule has 0 aliphatic heterocycles. The van der Waals surface area contributed by atoms with E-state index < -0.39 is 4.92 Å². The molecule has 0 unspecified atom stereocenters. The molecule has 7 nitrogen and oxygen atoms in total. The Hall–Kier alpha value is -2.00. The van der Waals surface area contributed by atoms with Gasteiger partial charge < -0.3 is 0 Å². The van der Waals surface area contributed by atoms with Crippen LogP contribution in [0.2, 0.25) is 0 Å². The van der Waals surface area contributed by atoms with Crippen LogP contribution < -0.4 is 5.32 Å². The Morgan fingerprint density at radius 3 is 2.34 bits per heavy atom. The Morgan fingerprint density at radius 2 is 1.76 bits per heavy atom. The molecule has 9 heteroatoms. The molecule has 4 saturated carbocycles. The predicted octanol–water partition coefficient (Wildman–Crippen LogP) is 4.64. The molecule has 6 rings (SSSR count). The van der Waals surface area contributed by atoms with Crippen molar-refractivity contribution in [3.63, 3.8) is 0 Å². The van der Waals surface area contributed by atoms with E-state index in [1.165, 1.54) is 73.8 Å². The number of amides is 1. The highest BCUT2D eigenvalue weighted by Gasteiger charge is 2.53. The van der Waals surface area contributed by atoms with Crippen molar-refractivity contribution in [2.45, 2.75) is 48.8 Å². The Bertz CT molecular complexity index is 908. The van der Waals surface area contributed by atoms with Gasteiger partial charge in [0.1, 0.15) is 5.01 Å². The number of thioether (sulfide) groups is 1. The summed E-state index contributed by atoms with van der Waals surface area (Å²) in [6.07, 6.45) is 7.87. The largest absolute Gasteiger partial charge is 0.300 e. The van der Waals surface area contributed by atoms with E-state index in [-0.39, 0.29) is 22.8 Å². The number of nitro benzene ring substituents is 1. The summed E-state index contributed by atoms with van der Waals surface area (Å²) in [5, 5.41) is 24.0. The minimum atomic E-state index is -0.433. The fourth-order valence-electron chi connectivity index (χ4n) is 5.83. The zero-order valence-corrected chi connectivity index (χ0v) is 17.5. The molecule has 29 heavy (non-hydrogen) atoms. The number of anilines is 1. The monoisotopic (exact) mass is 430 g/mol. The number of benzene rings is 1. The molecule has 1 heterocycles. The maximum atomic E-state index is 12.3. The van der Waals surface area contributed by atoms with Crippen molar-refractivity contribution in [1.29, 1.82) is 0 Å². The first-order valence-electron chi connectivity index (χ1n) is 10.0. The van der Waals surface area contributed by atoms with Gasteiger partial charge >= 0.3 is 0 Å². The molecule has 4 bridgehead atoms. The van der Waals surface area contributed by atoms with Crippen LogP contribution in [-0.2, 0) is 10.2 Å². The fourth-order valence-corrected chi connectivity index (χ4v) is 7.51. The zero-order valence-electron chi connectivity index (χ0n) is 15.9. The summed E-state index contributed by atoms with van der Waals surface area (Å²) < 4.78 is 0. The van der Waals surface area contributed by atoms with Gasteiger partial charge in [-0.15, -0.1) is 22.0 Å². The minimum Gasteiger partial charge on any atom is -0.300 e. The van der Waals surface area contributed by atoms with Crippen LogP contribution in [-0.4, -0.2) is 26.8 Å². The average molecular weight is 431 g/mol. The standard InChI is InChI=1S/C20H22N4O3S2/c25-17(11-28-16-3-1-15(2-4-16)24(26)27)21-19-23-22-18(29-19)20-8-12-5-13(9-20)7-14(6-12)10-20/h1-4,12-14H,5-11H2,(H,21,23,25). The van der Waals surface area contributed by atoms with Gasteiger partial charge in [-0.3, -0.25) is 20.2 Å². The van der Waals surface area contributed by atoms with Crippen LogP contribution >= 0.6 is 23.1 Å². The summed E-state index contributed by atoms with van der Waals surface area (Å²) >= 11 is 2.88. The van der Waals surface area contributed by atoms with Crippen molar-refractivity contribution in [2.24, 2.45) is 17.8 Å². The summed E-state index contributed by atoms with van der Waals surface area (Å²) in [6.45, 7) is 0. The molecule has 2 aromatic rings. The lowest BCUT2D eigenvalue weighted by molar-refractivity contribution is -0.384. The third-order valence-corrected chi connectivity index (χ3v) is 8.68. The van der Waals surface area contributed by atoms with Gasteiger partial charge in [-0.2, -0.15) is 0 Å². The third-order valence-electron chi connectivity index (χ3n) is 6.58. The van der Waals surface area contributed by atoms with Crippen molar-refractivity contribution in [3.05, 3.63) is 39.4 Å². The van der Waals surface area contributed by atoms with Gasteiger partial charge in [0.05, 0.1) is 10.7 Å². The summed E-state index contributed by atoms with van der Waals surface area (Å²) in [6, 6.07) is 6.21. The van der Waals surface area contributed by atoms with E-state index >= 15 is 0 Å². The van der Waals surface area contributed by atoms with E-state index in [1.807, 2.05) is 0 Å². The average Bonchev–Trinajstić information content (AvgIpc) is 3.15. The lowest BCUT2D eigenvalue weighted by atomic mass is 9.50. The van der Waals surface area contributed by atoms with Gasteiger partial charge in [0.15, 0.2) is 0 Å². The second-order valence-electron chi connectivity index (χ2n) is 8.70. The maximum Gasteiger partial charge on any atom is 0.269 e. The highest BCUT2D eigenvalue weighted by Crippen LogP contribution is 2.61. The molecule has 0 radical (unpaired) electrons. The third kappa shape index (κ3) is 3.77. The number of carbonyl (C=O) groups is 1. The number of carbonyl (C=O) groups excluding carboxylic acids is 1. The molecular formula is C20H22N4O3S2. The fraction of sp³-hybridized carbons (Fsp3) is 0.550. The number of nitrogens with zero attached hydrogens (tertiary/aromatic N) is 3. The first-order valence-corrected chi connectivity index (χ1v) is 11.8. The van der Waals surface area contributed by atoms with E-state index in [2.05, 4.69) is 15.5 Å². The van der Waals surface area contributed by atoms with Gasteiger partial charge in [0.2, 0.25) is 11.0 Å². The van der Waals surface area contributed by atoms with Gasteiger partial charge in [0, 0.05) is 22.4 Å². The molecule has 4 aliphatic rings. The summed E-state index contributed by atoms with van der Waals surface area (Å²) in [4.78, 5) is 23.4. The van der Waals surface area contributed by atoms with E-state index in [0.29, 0.717) is 5.13 Å². The number of nitrogens with one attached hydrogen (secondary N) is 1. The number of hydrogen-bond donors (Lipinski definition) is 1. The molecule has 4 fully saturated rings. The lowest BCUT2D eigenvalue weighted by Gasteiger charge is -2.55. The van der Waals surface area contributed by atoms with Crippen molar-refractivity contribution >= 4 is 39.8 Å². The predicted molar refractivity (Wildman–Crippen MR) is 112 cm³/mol. The van der Waals surface area contributed by atoms with E-state index in [4.69, 9.17) is 0 Å². The first-order chi connectivity index (χ1) is 14.0. The van der Waals surface area contributed by atoms with Gasteiger partial charge in [-0.1, -0.05) is 11.3 Å². The molecule has 1 N–H and O–H groups in total. The van der Waals surface area contributed by atoms with Crippen LogP contribution in [0.15, 0.2) is 29.2 Å². The Labute approximate surface area is 176 Å². The van der Waals surface area contributed by atoms with E-state index in [9.17, 15) is 14.9 Å². The number of nitro groups is 1. The van der Waals surface area contributed by atoms with Crippen LogP contribution in [0.1, 0.15) is 43.5 Å². The van der Waals surface area contributed by atoms with Gasteiger partial charge in [-0.25, -0.2) is 0 Å². The lowest BCUT2D eigenvalue weighted by Crippen LogP contribution is -2.48. The van der Waals surface area contributed by atoms with Crippen molar-refractivity contribution < 1.29 is 9.72 Å². The number of rotatable bonds is 6. The highest BCUT2D eigenvalue weighted by atomic mass is 32.2. The zero-order chi connectivity index (χ0) is 20.0. The minimum absolute atomic E-state index is 0.0462. The van der Waals surface area contributed by atoms with Crippen LogP contribution in [0.5, 0.6) is 0 Å². The topological polar surface area (TPSA) is 98.0 Å². The molecular weight excluding hydrogens is 408 g/mol. The maximum absolute atomic E-state index is 12.3. The van der Waals surface area contributed by atoms with Gasteiger partial charge in [0.25, 0.3) is 5.69 Å². The van der Waals surface area contributed by atoms with Crippen LogP contribution in [0.3, 0.4) is 0 Å². The Morgan fingerprint density at radius 1 is 1.14 bits per heavy atom. The SMILES string of the molecule is O=C(CSc1ccc([N+](=O)[O-])cc1)Nc1nnc(C23CC4CC(CC(C4)C2)C3)s1. The van der Waals surface area contributed by atoms with E-state index in [1.54, 1.807) is 12.1 Å². The van der Waals surface area contributed by atoms with Crippen LogP contribution in [0.25, 0.3) is 0 Å². The van der Waals surface area contributed by atoms with Crippen LogP contribution in [0, 0.1) is 27.9 Å². The second-order valence-corrected chi connectivity index (χ2v) is 10.7. The summed E-state index contributed by atoms with van der Waals surface area (Å²) in [5.41, 5.74) is 0.243. The molecule has 1 aromatic carbocycles. The van der Waals surface area contributed by atoms with Crippen LogP contribution in [0.4, 0.5) is 10.8 Å². The van der Waals surface area contributed by atoms with Gasteiger partial charge in [-0.05, 0) is 68.4 Å². The highest BCUT2D eigenvalue weighted by molar-refractivity contribution is 8.00. The number of hydrogen-bond acceptors (Lipinski definition) is 7. The van der Waals surface area contributed by atoms with Crippen molar-refractivity contribution in [3.8, 4) is 0 Å². The van der Waals surface area contributed by atoms with Crippen molar-refractivity contribution in [1.82, 2.24) is 10.2 Å². The molecule has 152 valence electrons. The molecule has 0 saturated heterocycles. The Kier molecular flexibility index (Phi) is 4.82.